The summed E-state index contributed by atoms with van der Waals surface area (Å²) in [4.78, 5) is 25.1. The third-order valence-corrected chi connectivity index (χ3v) is 4.20. The van der Waals surface area contributed by atoms with Gasteiger partial charge in [0.2, 0.25) is 0 Å². The molecule has 0 saturated heterocycles. The summed E-state index contributed by atoms with van der Waals surface area (Å²) in [5.74, 6) is 1.35. The van der Waals surface area contributed by atoms with Crippen molar-refractivity contribution in [3.8, 4) is 11.5 Å². The number of aldehydes is 1. The van der Waals surface area contributed by atoms with E-state index in [1.807, 2.05) is 29.2 Å². The number of nitrogens with zero attached hydrogens (tertiary/aromatic N) is 1. The zero-order valence-corrected chi connectivity index (χ0v) is 14.2. The highest BCUT2D eigenvalue weighted by Gasteiger charge is 2.32. The molecule has 0 unspecified atom stereocenters. The van der Waals surface area contributed by atoms with Gasteiger partial charge in [-0.15, -0.1) is 0 Å². The number of hydrogen-bond donors (Lipinski definition) is 0. The largest absolute Gasteiger partial charge is 0.497 e. The summed E-state index contributed by atoms with van der Waals surface area (Å²) in [5, 5.41) is 0. The Bertz CT molecular complexity index is 720. The molecular weight excluding hydrogens is 318 g/mol. The minimum atomic E-state index is -0.0298. The van der Waals surface area contributed by atoms with Crippen LogP contribution in [-0.2, 0) is 11.3 Å². The van der Waals surface area contributed by atoms with E-state index in [-0.39, 0.29) is 12.5 Å². The summed E-state index contributed by atoms with van der Waals surface area (Å²) in [5.41, 5.74) is 1.65. The van der Waals surface area contributed by atoms with Gasteiger partial charge in [-0.25, -0.2) is 0 Å². The number of ether oxygens (including phenoxy) is 2. The average Bonchev–Trinajstić information content (AvgIpc) is 3.50. The summed E-state index contributed by atoms with van der Waals surface area (Å²) in [6.45, 7) is 0.564. The Hall–Kier alpha value is -2.82. The van der Waals surface area contributed by atoms with Crippen LogP contribution in [0.2, 0.25) is 0 Å². The predicted molar refractivity (Wildman–Crippen MR) is 93.9 cm³/mol. The number of rotatable bonds is 8. The quantitative estimate of drug-likeness (QED) is 0.694. The van der Waals surface area contributed by atoms with Crippen LogP contribution in [0.25, 0.3) is 0 Å². The molecule has 0 spiro atoms. The molecule has 1 fully saturated rings. The molecule has 5 heteroatoms. The lowest BCUT2D eigenvalue weighted by atomic mass is 10.2. The van der Waals surface area contributed by atoms with Crippen molar-refractivity contribution in [2.75, 3.05) is 13.7 Å². The fourth-order valence-corrected chi connectivity index (χ4v) is 2.61. The zero-order chi connectivity index (χ0) is 17.6. The SMILES string of the molecule is COc1ccc(CN(C(=O)COc2ccc(C=O)cc2)C2CC2)cc1. The van der Waals surface area contributed by atoms with E-state index in [9.17, 15) is 9.59 Å². The Morgan fingerprint density at radius 2 is 1.72 bits per heavy atom. The van der Waals surface area contributed by atoms with Crippen molar-refractivity contribution in [1.29, 1.82) is 0 Å². The van der Waals surface area contributed by atoms with Gasteiger partial charge in [0.15, 0.2) is 6.61 Å². The minimum Gasteiger partial charge on any atom is -0.497 e. The van der Waals surface area contributed by atoms with Gasteiger partial charge in [-0.2, -0.15) is 0 Å². The molecule has 0 bridgehead atoms. The van der Waals surface area contributed by atoms with Gasteiger partial charge in [-0.05, 0) is 54.8 Å². The fourth-order valence-electron chi connectivity index (χ4n) is 2.61. The van der Waals surface area contributed by atoms with E-state index in [0.717, 1.165) is 30.4 Å². The monoisotopic (exact) mass is 339 g/mol. The molecule has 2 aromatic carbocycles. The molecule has 0 aromatic heterocycles. The lowest BCUT2D eigenvalue weighted by Gasteiger charge is -2.23. The van der Waals surface area contributed by atoms with E-state index in [4.69, 9.17) is 9.47 Å². The lowest BCUT2D eigenvalue weighted by molar-refractivity contribution is -0.134. The summed E-state index contributed by atoms with van der Waals surface area (Å²) < 4.78 is 10.7. The van der Waals surface area contributed by atoms with Crippen molar-refractivity contribution in [2.45, 2.75) is 25.4 Å². The van der Waals surface area contributed by atoms with Crippen LogP contribution >= 0.6 is 0 Å². The Morgan fingerprint density at radius 1 is 1.08 bits per heavy atom. The van der Waals surface area contributed by atoms with Gasteiger partial charge in [0.1, 0.15) is 17.8 Å². The van der Waals surface area contributed by atoms with Gasteiger partial charge in [-0.1, -0.05) is 12.1 Å². The number of carbonyl (C=O) groups is 2. The van der Waals surface area contributed by atoms with Gasteiger partial charge < -0.3 is 14.4 Å². The number of amides is 1. The number of methoxy groups -OCH3 is 1. The molecule has 3 rings (SSSR count). The van der Waals surface area contributed by atoms with E-state index >= 15 is 0 Å². The molecule has 0 radical (unpaired) electrons. The smallest absolute Gasteiger partial charge is 0.261 e. The van der Waals surface area contributed by atoms with Crippen molar-refractivity contribution in [3.05, 3.63) is 59.7 Å². The van der Waals surface area contributed by atoms with Gasteiger partial charge in [0.05, 0.1) is 7.11 Å². The molecule has 130 valence electrons. The topological polar surface area (TPSA) is 55.8 Å². The first-order chi connectivity index (χ1) is 12.2. The van der Waals surface area contributed by atoms with Gasteiger partial charge in [0, 0.05) is 18.2 Å². The molecule has 0 aliphatic heterocycles. The van der Waals surface area contributed by atoms with Gasteiger partial charge in [-0.3, -0.25) is 9.59 Å². The maximum Gasteiger partial charge on any atom is 0.261 e. The summed E-state index contributed by atoms with van der Waals surface area (Å²) in [7, 11) is 1.63. The normalized spacial score (nSPS) is 13.2. The highest BCUT2D eigenvalue weighted by atomic mass is 16.5. The second-order valence-corrected chi connectivity index (χ2v) is 6.08. The van der Waals surface area contributed by atoms with Crippen LogP contribution < -0.4 is 9.47 Å². The van der Waals surface area contributed by atoms with E-state index < -0.39 is 0 Å². The highest BCUT2D eigenvalue weighted by Crippen LogP contribution is 2.29. The maximum absolute atomic E-state index is 12.6. The zero-order valence-electron chi connectivity index (χ0n) is 14.2. The van der Waals surface area contributed by atoms with E-state index in [2.05, 4.69) is 0 Å². The molecule has 0 heterocycles. The van der Waals surface area contributed by atoms with Crippen LogP contribution in [0.1, 0.15) is 28.8 Å². The second kappa shape index (κ2) is 7.83. The van der Waals surface area contributed by atoms with Crippen molar-refractivity contribution >= 4 is 12.2 Å². The molecule has 2 aromatic rings. The first-order valence-electron chi connectivity index (χ1n) is 8.30. The van der Waals surface area contributed by atoms with Crippen molar-refractivity contribution in [2.24, 2.45) is 0 Å². The molecule has 1 aliphatic rings. The van der Waals surface area contributed by atoms with Crippen molar-refractivity contribution in [3.63, 3.8) is 0 Å². The number of hydrogen-bond acceptors (Lipinski definition) is 4. The molecule has 1 amide bonds. The van der Waals surface area contributed by atoms with Crippen molar-refractivity contribution < 1.29 is 19.1 Å². The third-order valence-electron chi connectivity index (χ3n) is 4.20. The first-order valence-corrected chi connectivity index (χ1v) is 8.30. The third kappa shape index (κ3) is 4.59. The van der Waals surface area contributed by atoms with E-state index in [0.29, 0.717) is 23.9 Å². The van der Waals surface area contributed by atoms with Crippen LogP contribution in [0.5, 0.6) is 11.5 Å². The molecule has 5 nitrogen and oxygen atoms in total. The fraction of sp³-hybridized carbons (Fsp3) is 0.300. The van der Waals surface area contributed by atoms with Crippen LogP contribution in [0.4, 0.5) is 0 Å². The molecule has 0 atom stereocenters. The van der Waals surface area contributed by atoms with Gasteiger partial charge in [0.25, 0.3) is 5.91 Å². The molecule has 25 heavy (non-hydrogen) atoms. The Balaban J connectivity index is 1.59. The Labute approximate surface area is 147 Å². The summed E-state index contributed by atoms with van der Waals surface area (Å²) in [6.07, 6.45) is 2.85. The van der Waals surface area contributed by atoms with Gasteiger partial charge >= 0.3 is 0 Å². The van der Waals surface area contributed by atoms with E-state index in [1.165, 1.54) is 0 Å². The maximum atomic E-state index is 12.6. The predicted octanol–water partition coefficient (Wildman–Crippen LogP) is 3.08. The Morgan fingerprint density at radius 3 is 2.28 bits per heavy atom. The number of carbonyl (C=O) groups excluding carboxylic acids is 2. The summed E-state index contributed by atoms with van der Waals surface area (Å²) in [6, 6.07) is 14.8. The highest BCUT2D eigenvalue weighted by molar-refractivity contribution is 5.78. The molecule has 1 saturated carbocycles. The summed E-state index contributed by atoms with van der Waals surface area (Å²) >= 11 is 0. The molecular formula is C20H21NO4. The van der Waals surface area contributed by atoms with Crippen LogP contribution in [-0.4, -0.2) is 36.9 Å². The molecule has 1 aliphatic carbocycles. The van der Waals surface area contributed by atoms with Crippen LogP contribution in [0, 0.1) is 0 Å². The van der Waals surface area contributed by atoms with E-state index in [1.54, 1.807) is 31.4 Å². The average molecular weight is 339 g/mol. The minimum absolute atomic E-state index is 0.00685. The second-order valence-electron chi connectivity index (χ2n) is 6.08. The van der Waals surface area contributed by atoms with Crippen LogP contribution in [0.3, 0.4) is 0 Å². The first kappa shape index (κ1) is 17.0. The van der Waals surface area contributed by atoms with Crippen LogP contribution in [0.15, 0.2) is 48.5 Å². The lowest BCUT2D eigenvalue weighted by Crippen LogP contribution is -2.36. The number of benzene rings is 2. The van der Waals surface area contributed by atoms with Crippen molar-refractivity contribution in [1.82, 2.24) is 4.90 Å². The standard InChI is InChI=1S/C20H21NO4/c1-24-18-8-2-15(3-9-18)12-21(17-6-7-17)20(23)14-25-19-10-4-16(13-22)5-11-19/h2-5,8-11,13,17H,6-7,12,14H2,1H3. The molecule has 0 N–H and O–H groups in total. The Kier molecular flexibility index (Phi) is 5.33.